The second-order valence-electron chi connectivity index (χ2n) is 4.12. The molecule has 0 spiro atoms. The van der Waals surface area contributed by atoms with Crippen molar-refractivity contribution in [2.45, 2.75) is 0 Å². The molecule has 6 heteroatoms. The monoisotopic (exact) mass is 256 g/mol. The minimum atomic E-state index is -0.553. The molecule has 0 aliphatic carbocycles. The number of anilines is 1. The fraction of sp³-hybridized carbons (Fsp3) is 0. The Morgan fingerprint density at radius 3 is 2.37 bits per heavy atom. The molecule has 0 atom stereocenters. The highest BCUT2D eigenvalue weighted by atomic mass is 16.6. The number of rotatable bonds is 1. The lowest BCUT2D eigenvalue weighted by Crippen LogP contribution is -2.03. The zero-order valence-corrected chi connectivity index (χ0v) is 9.62. The number of hydrogen-bond acceptors (Lipinski definition) is 5. The maximum Gasteiger partial charge on any atom is 0.270 e. The van der Waals surface area contributed by atoms with Crippen LogP contribution in [0.15, 0.2) is 45.6 Å². The molecule has 1 aromatic heterocycles. The molecule has 0 saturated heterocycles. The Bertz CT molecular complexity index is 883. The summed E-state index contributed by atoms with van der Waals surface area (Å²) in [6.45, 7) is 0. The molecule has 2 aromatic carbocycles. The van der Waals surface area contributed by atoms with Gasteiger partial charge >= 0.3 is 0 Å². The van der Waals surface area contributed by atoms with Gasteiger partial charge in [0.1, 0.15) is 11.2 Å². The van der Waals surface area contributed by atoms with Gasteiger partial charge in [0.15, 0.2) is 0 Å². The molecule has 0 fully saturated rings. The molecule has 3 rings (SSSR count). The summed E-state index contributed by atoms with van der Waals surface area (Å²) >= 11 is 0. The molecule has 0 radical (unpaired) electrons. The first-order valence-electron chi connectivity index (χ1n) is 5.47. The minimum absolute atomic E-state index is 0.150. The number of nitrogens with two attached hydrogens (primary N) is 1. The Kier molecular flexibility index (Phi) is 2.25. The summed E-state index contributed by atoms with van der Waals surface area (Å²) in [6.07, 6.45) is 0. The van der Waals surface area contributed by atoms with Crippen LogP contribution >= 0.6 is 0 Å². The fourth-order valence-corrected chi connectivity index (χ4v) is 1.98. The third-order valence-electron chi connectivity index (χ3n) is 2.89. The van der Waals surface area contributed by atoms with Crippen LogP contribution in [0.25, 0.3) is 21.9 Å². The number of nitrogen functional groups attached to an aromatic ring is 1. The van der Waals surface area contributed by atoms with Crippen molar-refractivity contribution >= 4 is 33.3 Å². The van der Waals surface area contributed by atoms with Gasteiger partial charge in [-0.1, -0.05) is 0 Å². The summed E-state index contributed by atoms with van der Waals surface area (Å²) in [5.41, 5.74) is 6.30. The summed E-state index contributed by atoms with van der Waals surface area (Å²) < 4.78 is 5.54. The Hall–Kier alpha value is -2.89. The zero-order valence-electron chi connectivity index (χ0n) is 9.62. The topological polar surface area (TPSA) is 99.4 Å². The quantitative estimate of drug-likeness (QED) is 0.312. The van der Waals surface area contributed by atoms with Gasteiger partial charge in [-0.2, -0.15) is 0 Å². The van der Waals surface area contributed by atoms with Gasteiger partial charge in [0.25, 0.3) is 5.69 Å². The number of nitro benzene ring substituents is 1. The molecule has 94 valence electrons. The molecule has 0 aliphatic heterocycles. The summed E-state index contributed by atoms with van der Waals surface area (Å²) in [5, 5.41) is 11.2. The summed E-state index contributed by atoms with van der Waals surface area (Å²) in [5.74, 6) is 0. The van der Waals surface area contributed by atoms with Gasteiger partial charge in [-0.3, -0.25) is 14.9 Å². The lowest BCUT2D eigenvalue weighted by molar-refractivity contribution is -0.384. The molecular formula is C13H8N2O4. The van der Waals surface area contributed by atoms with E-state index < -0.39 is 4.92 Å². The van der Waals surface area contributed by atoms with Crippen LogP contribution in [0, 0.1) is 10.1 Å². The van der Waals surface area contributed by atoms with Gasteiger partial charge in [-0.15, -0.1) is 0 Å². The van der Waals surface area contributed by atoms with Gasteiger partial charge in [-0.25, -0.2) is 0 Å². The molecule has 0 saturated carbocycles. The van der Waals surface area contributed by atoms with E-state index in [9.17, 15) is 14.9 Å². The second-order valence-corrected chi connectivity index (χ2v) is 4.12. The SMILES string of the molecule is Nc1ccc2oc3ccc([N+](=O)[O-])cc3c(=O)c2c1. The highest BCUT2D eigenvalue weighted by Gasteiger charge is 2.12. The summed E-state index contributed by atoms with van der Waals surface area (Å²) in [6, 6.07) is 8.66. The average Bonchev–Trinajstić information content (AvgIpc) is 2.39. The van der Waals surface area contributed by atoms with Crippen molar-refractivity contribution < 1.29 is 9.34 Å². The van der Waals surface area contributed by atoms with Crippen LogP contribution in [-0.4, -0.2) is 4.92 Å². The molecule has 2 N–H and O–H groups in total. The van der Waals surface area contributed by atoms with Crippen molar-refractivity contribution in [3.63, 3.8) is 0 Å². The Labute approximate surface area is 106 Å². The largest absolute Gasteiger partial charge is 0.456 e. The highest BCUT2D eigenvalue weighted by Crippen LogP contribution is 2.23. The lowest BCUT2D eigenvalue weighted by atomic mass is 10.1. The van der Waals surface area contributed by atoms with E-state index in [1.54, 1.807) is 12.1 Å². The summed E-state index contributed by atoms with van der Waals surface area (Å²) in [7, 11) is 0. The number of benzene rings is 2. The third-order valence-corrected chi connectivity index (χ3v) is 2.89. The standard InChI is InChI=1S/C13H8N2O4/c14-7-1-3-11-9(5-7)13(16)10-6-8(15(17)18)2-4-12(10)19-11/h1-6H,14H2. The van der Waals surface area contributed by atoms with Crippen molar-refractivity contribution in [1.29, 1.82) is 0 Å². The number of nitro groups is 1. The fourth-order valence-electron chi connectivity index (χ4n) is 1.98. The van der Waals surface area contributed by atoms with Gasteiger partial charge in [0.2, 0.25) is 5.43 Å². The smallest absolute Gasteiger partial charge is 0.270 e. The Morgan fingerprint density at radius 2 is 1.68 bits per heavy atom. The molecule has 0 unspecified atom stereocenters. The number of hydrogen-bond donors (Lipinski definition) is 1. The van der Waals surface area contributed by atoms with E-state index in [0.29, 0.717) is 22.2 Å². The van der Waals surface area contributed by atoms with Gasteiger partial charge < -0.3 is 10.2 Å². The predicted octanol–water partition coefficient (Wildman–Crippen LogP) is 2.44. The third kappa shape index (κ3) is 1.70. The first-order chi connectivity index (χ1) is 9.06. The van der Waals surface area contributed by atoms with E-state index in [4.69, 9.17) is 10.2 Å². The maximum absolute atomic E-state index is 12.3. The predicted molar refractivity (Wildman–Crippen MR) is 71.1 cm³/mol. The van der Waals surface area contributed by atoms with Gasteiger partial charge in [-0.05, 0) is 24.3 Å². The van der Waals surface area contributed by atoms with E-state index in [0.717, 1.165) is 0 Å². The van der Waals surface area contributed by atoms with Crippen molar-refractivity contribution in [1.82, 2.24) is 0 Å². The maximum atomic E-state index is 12.3. The molecule has 3 aromatic rings. The van der Waals surface area contributed by atoms with E-state index in [1.807, 2.05) is 0 Å². The molecule has 0 aliphatic rings. The van der Waals surface area contributed by atoms with Gasteiger partial charge in [0, 0.05) is 17.8 Å². The normalized spacial score (nSPS) is 10.9. The van der Waals surface area contributed by atoms with E-state index in [1.165, 1.54) is 24.3 Å². The van der Waals surface area contributed by atoms with Crippen LogP contribution in [0.4, 0.5) is 11.4 Å². The van der Waals surface area contributed by atoms with Crippen LogP contribution in [-0.2, 0) is 0 Å². The van der Waals surface area contributed by atoms with Crippen LogP contribution in [0.1, 0.15) is 0 Å². The highest BCUT2D eigenvalue weighted by molar-refractivity contribution is 5.91. The van der Waals surface area contributed by atoms with Crippen molar-refractivity contribution in [2.24, 2.45) is 0 Å². The Morgan fingerprint density at radius 1 is 1.05 bits per heavy atom. The molecule has 19 heavy (non-hydrogen) atoms. The van der Waals surface area contributed by atoms with Crippen LogP contribution < -0.4 is 11.2 Å². The molecular weight excluding hydrogens is 248 g/mol. The van der Waals surface area contributed by atoms with Crippen LogP contribution in [0.5, 0.6) is 0 Å². The van der Waals surface area contributed by atoms with Gasteiger partial charge in [0.05, 0.1) is 15.7 Å². The first-order valence-corrected chi connectivity index (χ1v) is 5.47. The summed E-state index contributed by atoms with van der Waals surface area (Å²) in [4.78, 5) is 22.5. The Balaban J connectivity index is 2.48. The van der Waals surface area contributed by atoms with Crippen molar-refractivity contribution in [3.05, 3.63) is 56.7 Å². The van der Waals surface area contributed by atoms with Crippen LogP contribution in [0.2, 0.25) is 0 Å². The zero-order chi connectivity index (χ0) is 13.6. The lowest BCUT2D eigenvalue weighted by Gasteiger charge is -2.02. The minimum Gasteiger partial charge on any atom is -0.456 e. The first kappa shape index (κ1) is 11.2. The average molecular weight is 256 g/mol. The number of non-ortho nitro benzene ring substituents is 1. The molecule has 0 amide bonds. The molecule has 0 bridgehead atoms. The van der Waals surface area contributed by atoms with Crippen molar-refractivity contribution in [2.75, 3.05) is 5.73 Å². The van der Waals surface area contributed by atoms with Crippen LogP contribution in [0.3, 0.4) is 0 Å². The number of nitrogens with zero attached hydrogens (tertiary/aromatic N) is 1. The van der Waals surface area contributed by atoms with Crippen molar-refractivity contribution in [3.8, 4) is 0 Å². The molecule has 1 heterocycles. The number of fused-ring (bicyclic) bond motifs is 2. The second kappa shape index (κ2) is 3.81. The van der Waals surface area contributed by atoms with E-state index in [2.05, 4.69) is 0 Å². The van der Waals surface area contributed by atoms with E-state index >= 15 is 0 Å². The molecule has 6 nitrogen and oxygen atoms in total. The van der Waals surface area contributed by atoms with E-state index in [-0.39, 0.29) is 16.5 Å².